The number of benzene rings is 2. The molecular formula is C21H22N4O3. The number of ether oxygens (including phenoxy) is 2. The molecule has 2 aromatic carbocycles. The molecular weight excluding hydrogens is 356 g/mol. The summed E-state index contributed by atoms with van der Waals surface area (Å²) >= 11 is 0. The first-order valence-corrected chi connectivity index (χ1v) is 8.75. The van der Waals surface area contributed by atoms with E-state index in [4.69, 9.17) is 9.47 Å². The highest BCUT2D eigenvalue weighted by Gasteiger charge is 2.10. The summed E-state index contributed by atoms with van der Waals surface area (Å²) < 4.78 is 10.5. The van der Waals surface area contributed by atoms with Crippen LogP contribution < -0.4 is 20.1 Å². The molecule has 0 aliphatic heterocycles. The van der Waals surface area contributed by atoms with Crippen LogP contribution in [0.5, 0.6) is 11.5 Å². The Labute approximate surface area is 163 Å². The second-order valence-corrected chi connectivity index (χ2v) is 6.12. The van der Waals surface area contributed by atoms with Crippen LogP contribution in [0.2, 0.25) is 0 Å². The van der Waals surface area contributed by atoms with Gasteiger partial charge < -0.3 is 20.1 Å². The van der Waals surface area contributed by atoms with E-state index in [0.29, 0.717) is 18.2 Å². The lowest BCUT2D eigenvalue weighted by atomic mass is 10.2. The second-order valence-electron chi connectivity index (χ2n) is 6.12. The SMILES string of the molecule is COc1ccc(CNC(=O)c2ccnc(Nc3cc(C)ccc3OC)n2)cc1. The average Bonchev–Trinajstić information content (AvgIpc) is 2.73. The number of anilines is 2. The predicted molar refractivity (Wildman–Crippen MR) is 107 cm³/mol. The number of hydrogen-bond acceptors (Lipinski definition) is 6. The van der Waals surface area contributed by atoms with Crippen molar-refractivity contribution >= 4 is 17.5 Å². The van der Waals surface area contributed by atoms with Crippen molar-refractivity contribution in [3.05, 3.63) is 71.5 Å². The van der Waals surface area contributed by atoms with Gasteiger partial charge in [-0.15, -0.1) is 0 Å². The maximum absolute atomic E-state index is 12.4. The fourth-order valence-corrected chi connectivity index (χ4v) is 2.60. The van der Waals surface area contributed by atoms with Gasteiger partial charge in [0.25, 0.3) is 5.91 Å². The molecule has 0 saturated carbocycles. The van der Waals surface area contributed by atoms with Crippen LogP contribution in [0.1, 0.15) is 21.6 Å². The predicted octanol–water partition coefficient (Wildman–Crippen LogP) is 3.48. The van der Waals surface area contributed by atoms with E-state index in [-0.39, 0.29) is 11.6 Å². The molecule has 1 heterocycles. The van der Waals surface area contributed by atoms with Gasteiger partial charge >= 0.3 is 0 Å². The Morgan fingerprint density at radius 1 is 1.04 bits per heavy atom. The van der Waals surface area contributed by atoms with Crippen molar-refractivity contribution in [2.24, 2.45) is 0 Å². The third-order valence-electron chi connectivity index (χ3n) is 4.10. The lowest BCUT2D eigenvalue weighted by Gasteiger charge is -2.11. The highest BCUT2D eigenvalue weighted by Crippen LogP contribution is 2.27. The van der Waals surface area contributed by atoms with Crippen molar-refractivity contribution < 1.29 is 14.3 Å². The van der Waals surface area contributed by atoms with Crippen LogP contribution in [0, 0.1) is 6.92 Å². The Kier molecular flexibility index (Phi) is 6.06. The minimum Gasteiger partial charge on any atom is -0.497 e. The summed E-state index contributed by atoms with van der Waals surface area (Å²) in [6.45, 7) is 2.37. The number of hydrogen-bond donors (Lipinski definition) is 2. The van der Waals surface area contributed by atoms with Gasteiger partial charge in [0.1, 0.15) is 17.2 Å². The molecule has 7 nitrogen and oxygen atoms in total. The van der Waals surface area contributed by atoms with Crippen molar-refractivity contribution in [3.8, 4) is 11.5 Å². The molecule has 0 unspecified atom stereocenters. The molecule has 3 rings (SSSR count). The largest absolute Gasteiger partial charge is 0.497 e. The van der Waals surface area contributed by atoms with Gasteiger partial charge in [-0.25, -0.2) is 9.97 Å². The maximum atomic E-state index is 12.4. The van der Waals surface area contributed by atoms with Gasteiger partial charge in [0.15, 0.2) is 0 Å². The number of carbonyl (C=O) groups excluding carboxylic acids is 1. The lowest BCUT2D eigenvalue weighted by molar-refractivity contribution is 0.0946. The van der Waals surface area contributed by atoms with Gasteiger partial charge in [0.2, 0.25) is 5.95 Å². The van der Waals surface area contributed by atoms with Crippen LogP contribution in [0.25, 0.3) is 0 Å². The van der Waals surface area contributed by atoms with Crippen LogP contribution in [0.15, 0.2) is 54.7 Å². The van der Waals surface area contributed by atoms with Gasteiger partial charge in [-0.1, -0.05) is 18.2 Å². The first-order chi connectivity index (χ1) is 13.6. The monoisotopic (exact) mass is 378 g/mol. The van der Waals surface area contributed by atoms with Crippen molar-refractivity contribution in [1.29, 1.82) is 0 Å². The molecule has 0 spiro atoms. The van der Waals surface area contributed by atoms with Crippen LogP contribution in [-0.4, -0.2) is 30.1 Å². The molecule has 7 heteroatoms. The van der Waals surface area contributed by atoms with Crippen LogP contribution >= 0.6 is 0 Å². The molecule has 0 aliphatic carbocycles. The Morgan fingerprint density at radius 3 is 2.54 bits per heavy atom. The van der Waals surface area contributed by atoms with Crippen molar-refractivity contribution in [2.45, 2.75) is 13.5 Å². The third-order valence-corrected chi connectivity index (χ3v) is 4.10. The summed E-state index contributed by atoms with van der Waals surface area (Å²) in [6.07, 6.45) is 1.54. The first kappa shape index (κ1) is 19.2. The van der Waals surface area contributed by atoms with E-state index in [9.17, 15) is 4.79 Å². The molecule has 0 fully saturated rings. The first-order valence-electron chi connectivity index (χ1n) is 8.75. The van der Waals surface area contributed by atoms with E-state index >= 15 is 0 Å². The highest BCUT2D eigenvalue weighted by atomic mass is 16.5. The number of aromatic nitrogens is 2. The molecule has 1 aromatic heterocycles. The number of methoxy groups -OCH3 is 2. The molecule has 0 atom stereocenters. The zero-order valence-corrected chi connectivity index (χ0v) is 16.0. The van der Waals surface area contributed by atoms with E-state index in [1.54, 1.807) is 26.5 Å². The van der Waals surface area contributed by atoms with E-state index in [1.807, 2.05) is 49.4 Å². The smallest absolute Gasteiger partial charge is 0.270 e. The number of nitrogens with one attached hydrogen (secondary N) is 2. The molecule has 0 aliphatic rings. The zero-order chi connectivity index (χ0) is 19.9. The number of amides is 1. The van der Waals surface area contributed by atoms with E-state index in [2.05, 4.69) is 20.6 Å². The minimum absolute atomic E-state index is 0.276. The Bertz CT molecular complexity index is 958. The summed E-state index contributed by atoms with van der Waals surface area (Å²) in [5, 5.41) is 5.96. The van der Waals surface area contributed by atoms with Crippen molar-refractivity contribution in [1.82, 2.24) is 15.3 Å². The fraction of sp³-hybridized carbons (Fsp3) is 0.190. The fourth-order valence-electron chi connectivity index (χ4n) is 2.60. The summed E-state index contributed by atoms with van der Waals surface area (Å²) in [7, 11) is 3.21. The van der Waals surface area contributed by atoms with Crippen LogP contribution in [0.4, 0.5) is 11.6 Å². The van der Waals surface area contributed by atoms with Crippen molar-refractivity contribution in [2.75, 3.05) is 19.5 Å². The number of aryl methyl sites for hydroxylation is 1. The minimum atomic E-state index is -0.280. The number of rotatable bonds is 7. The number of nitrogens with zero attached hydrogens (tertiary/aromatic N) is 2. The van der Waals surface area contributed by atoms with Crippen molar-refractivity contribution in [3.63, 3.8) is 0 Å². The Morgan fingerprint density at radius 2 is 1.82 bits per heavy atom. The maximum Gasteiger partial charge on any atom is 0.270 e. The highest BCUT2D eigenvalue weighted by molar-refractivity contribution is 5.92. The molecule has 144 valence electrons. The molecule has 0 radical (unpaired) electrons. The standard InChI is InChI=1S/C21H22N4O3/c1-14-4-9-19(28-3)18(12-14)25-21-22-11-10-17(24-21)20(26)23-13-15-5-7-16(27-2)8-6-15/h4-12H,13H2,1-3H3,(H,23,26)(H,22,24,25). The summed E-state index contributed by atoms with van der Waals surface area (Å²) in [6, 6.07) is 14.8. The second kappa shape index (κ2) is 8.85. The molecule has 2 N–H and O–H groups in total. The third kappa shape index (κ3) is 4.76. The quantitative estimate of drug-likeness (QED) is 0.655. The molecule has 1 amide bonds. The van der Waals surface area contributed by atoms with Gasteiger partial charge in [-0.3, -0.25) is 4.79 Å². The summed E-state index contributed by atoms with van der Waals surface area (Å²) in [4.78, 5) is 20.9. The Hall–Kier alpha value is -3.61. The van der Waals surface area contributed by atoms with E-state index < -0.39 is 0 Å². The van der Waals surface area contributed by atoms with E-state index in [1.165, 1.54) is 0 Å². The molecule has 0 bridgehead atoms. The number of carbonyl (C=O) groups is 1. The Balaban J connectivity index is 1.68. The topological polar surface area (TPSA) is 85.4 Å². The van der Waals surface area contributed by atoms with E-state index in [0.717, 1.165) is 22.6 Å². The normalized spacial score (nSPS) is 10.2. The van der Waals surface area contributed by atoms with Gasteiger partial charge in [-0.05, 0) is 48.4 Å². The zero-order valence-electron chi connectivity index (χ0n) is 16.0. The molecule has 28 heavy (non-hydrogen) atoms. The molecule has 0 saturated heterocycles. The molecule has 3 aromatic rings. The lowest BCUT2D eigenvalue weighted by Crippen LogP contribution is -2.24. The summed E-state index contributed by atoms with van der Waals surface area (Å²) in [5.41, 5.74) is 3.04. The van der Waals surface area contributed by atoms with Crippen LogP contribution in [0.3, 0.4) is 0 Å². The van der Waals surface area contributed by atoms with Gasteiger partial charge in [-0.2, -0.15) is 0 Å². The average molecular weight is 378 g/mol. The van der Waals surface area contributed by atoms with Crippen LogP contribution in [-0.2, 0) is 6.54 Å². The van der Waals surface area contributed by atoms with Gasteiger partial charge in [0, 0.05) is 12.7 Å². The summed E-state index contributed by atoms with van der Waals surface area (Å²) in [5.74, 6) is 1.48. The van der Waals surface area contributed by atoms with Gasteiger partial charge in [0.05, 0.1) is 19.9 Å².